The highest BCUT2D eigenvalue weighted by Gasteiger charge is 2.30. The molecule has 21 heavy (non-hydrogen) atoms. The van der Waals surface area contributed by atoms with Gasteiger partial charge in [0.1, 0.15) is 0 Å². The van der Waals surface area contributed by atoms with Gasteiger partial charge in [-0.3, -0.25) is 4.90 Å². The number of aliphatic hydroxyl groups is 2. The Hall–Kier alpha value is -0.900. The van der Waals surface area contributed by atoms with Gasteiger partial charge in [0, 0.05) is 50.4 Å². The van der Waals surface area contributed by atoms with Crippen LogP contribution >= 0.6 is 11.3 Å². The van der Waals surface area contributed by atoms with Crippen LogP contribution in [-0.2, 0) is 11.3 Å². The molecule has 1 aromatic heterocycles. The lowest BCUT2D eigenvalue weighted by Gasteiger charge is -2.35. The Morgan fingerprint density at radius 1 is 1.38 bits per heavy atom. The van der Waals surface area contributed by atoms with Crippen molar-refractivity contribution < 1.29 is 14.9 Å². The fraction of sp³-hybridized carbons (Fsp3) is 0.625. The molecule has 0 radical (unpaired) electrons. The second-order valence-electron chi connectivity index (χ2n) is 5.55. The molecule has 0 saturated carbocycles. The van der Waals surface area contributed by atoms with Crippen molar-refractivity contribution in [2.45, 2.75) is 31.4 Å². The molecule has 0 aromatic carbocycles. The summed E-state index contributed by atoms with van der Waals surface area (Å²) in [5.74, 6) is 5.98. The number of nitrogens with zero attached hydrogens (tertiary/aromatic N) is 1. The van der Waals surface area contributed by atoms with Crippen molar-refractivity contribution in [2.75, 3.05) is 33.4 Å². The Labute approximate surface area is 130 Å². The molecule has 0 amide bonds. The summed E-state index contributed by atoms with van der Waals surface area (Å²) in [7, 11) is 2.03. The molecule has 5 heteroatoms. The zero-order chi connectivity index (χ0) is 15.1. The zero-order valence-electron chi connectivity index (χ0n) is 12.5. The smallest absolute Gasteiger partial charge is 0.0817 e. The van der Waals surface area contributed by atoms with E-state index in [0.717, 1.165) is 11.4 Å². The van der Waals surface area contributed by atoms with E-state index in [1.54, 1.807) is 11.3 Å². The summed E-state index contributed by atoms with van der Waals surface area (Å²) < 4.78 is 5.31. The molecular weight excluding hydrogens is 286 g/mol. The molecular formula is C16H23NO3S. The predicted octanol–water partition coefficient (Wildman–Crippen LogP) is 1.46. The molecule has 1 aliphatic rings. The molecule has 0 bridgehead atoms. The lowest BCUT2D eigenvalue weighted by Crippen LogP contribution is -2.45. The van der Waals surface area contributed by atoms with Gasteiger partial charge in [0.2, 0.25) is 0 Å². The van der Waals surface area contributed by atoms with E-state index in [-0.39, 0.29) is 6.61 Å². The van der Waals surface area contributed by atoms with Gasteiger partial charge in [0.05, 0.1) is 17.1 Å². The van der Waals surface area contributed by atoms with E-state index < -0.39 is 5.60 Å². The standard InChI is InChI=1S/C16H23NO3S/c1-17(13-16(19)7-10-20-11-8-16)12-15-6-5-14(21-15)4-2-3-9-18/h5-6,18-19H,3,7-13H2,1H3. The van der Waals surface area contributed by atoms with Crippen molar-refractivity contribution in [2.24, 2.45) is 0 Å². The van der Waals surface area contributed by atoms with Crippen molar-refractivity contribution in [1.82, 2.24) is 4.90 Å². The minimum atomic E-state index is -0.617. The SMILES string of the molecule is CN(Cc1ccc(C#CCCO)s1)CC1(O)CCOCC1. The number of hydrogen-bond donors (Lipinski definition) is 2. The van der Waals surface area contributed by atoms with Gasteiger partial charge in [0.25, 0.3) is 0 Å². The molecule has 1 aromatic rings. The van der Waals surface area contributed by atoms with E-state index in [9.17, 15) is 5.11 Å². The fourth-order valence-corrected chi connectivity index (χ4v) is 3.43. The number of rotatable bonds is 5. The van der Waals surface area contributed by atoms with E-state index >= 15 is 0 Å². The maximum absolute atomic E-state index is 10.5. The molecule has 2 N–H and O–H groups in total. The Morgan fingerprint density at radius 3 is 2.86 bits per heavy atom. The molecule has 116 valence electrons. The van der Waals surface area contributed by atoms with Crippen molar-refractivity contribution >= 4 is 11.3 Å². The second-order valence-corrected chi connectivity index (χ2v) is 6.72. The first-order valence-electron chi connectivity index (χ1n) is 7.28. The van der Waals surface area contributed by atoms with Crippen molar-refractivity contribution in [3.8, 4) is 11.8 Å². The number of thiophene rings is 1. The average molecular weight is 309 g/mol. The molecule has 0 unspecified atom stereocenters. The van der Waals surface area contributed by atoms with Crippen molar-refractivity contribution in [3.63, 3.8) is 0 Å². The van der Waals surface area contributed by atoms with Crippen LogP contribution in [0, 0.1) is 11.8 Å². The van der Waals surface area contributed by atoms with Crippen LogP contribution in [-0.4, -0.2) is 54.1 Å². The number of hydrogen-bond acceptors (Lipinski definition) is 5. The molecule has 1 fully saturated rings. The molecule has 2 rings (SSSR count). The average Bonchev–Trinajstić information content (AvgIpc) is 2.86. The van der Waals surface area contributed by atoms with Crippen molar-refractivity contribution in [1.29, 1.82) is 0 Å². The van der Waals surface area contributed by atoms with Crippen LogP contribution in [0.3, 0.4) is 0 Å². The Morgan fingerprint density at radius 2 is 2.14 bits per heavy atom. The van der Waals surface area contributed by atoms with Crippen molar-refractivity contribution in [3.05, 3.63) is 21.9 Å². The summed E-state index contributed by atoms with van der Waals surface area (Å²) in [4.78, 5) is 4.42. The van der Waals surface area contributed by atoms with Crippen LogP contribution in [0.2, 0.25) is 0 Å². The lowest BCUT2D eigenvalue weighted by atomic mass is 9.94. The van der Waals surface area contributed by atoms with Crippen LogP contribution in [0.25, 0.3) is 0 Å². The highest BCUT2D eigenvalue weighted by molar-refractivity contribution is 7.12. The summed E-state index contributed by atoms with van der Waals surface area (Å²) in [5, 5.41) is 19.2. The minimum Gasteiger partial charge on any atom is -0.395 e. The third-order valence-electron chi connectivity index (χ3n) is 3.52. The number of likely N-dealkylation sites (N-methyl/N-ethyl adjacent to an activating group) is 1. The predicted molar refractivity (Wildman–Crippen MR) is 84.2 cm³/mol. The van der Waals surface area contributed by atoms with Gasteiger partial charge in [-0.05, 0) is 19.2 Å². The van der Waals surface area contributed by atoms with E-state index in [0.29, 0.717) is 39.0 Å². The quantitative estimate of drug-likeness (QED) is 0.809. The Kier molecular flexibility index (Phi) is 6.22. The summed E-state index contributed by atoms with van der Waals surface area (Å²) in [5.41, 5.74) is -0.617. The fourth-order valence-electron chi connectivity index (χ4n) is 2.47. The molecule has 1 aliphatic heterocycles. The summed E-state index contributed by atoms with van der Waals surface area (Å²) in [6.45, 7) is 2.88. The van der Waals surface area contributed by atoms with E-state index in [1.165, 1.54) is 4.88 Å². The topological polar surface area (TPSA) is 52.9 Å². The first kappa shape index (κ1) is 16.5. The van der Waals surface area contributed by atoms with Crippen LogP contribution in [0.15, 0.2) is 12.1 Å². The van der Waals surface area contributed by atoms with E-state index in [4.69, 9.17) is 9.84 Å². The highest BCUT2D eigenvalue weighted by Crippen LogP contribution is 2.23. The minimum absolute atomic E-state index is 0.107. The molecule has 0 spiro atoms. The first-order valence-corrected chi connectivity index (χ1v) is 8.10. The van der Waals surface area contributed by atoms with Gasteiger partial charge in [-0.2, -0.15) is 0 Å². The third kappa shape index (κ3) is 5.42. The van der Waals surface area contributed by atoms with Gasteiger partial charge in [-0.1, -0.05) is 11.8 Å². The zero-order valence-corrected chi connectivity index (χ0v) is 13.3. The van der Waals surface area contributed by atoms with Crippen LogP contribution in [0.1, 0.15) is 29.0 Å². The Balaban J connectivity index is 1.85. The molecule has 0 atom stereocenters. The highest BCUT2D eigenvalue weighted by atomic mass is 32.1. The van der Waals surface area contributed by atoms with Crippen LogP contribution in [0.5, 0.6) is 0 Å². The summed E-state index contributed by atoms with van der Waals surface area (Å²) in [6, 6.07) is 4.10. The maximum atomic E-state index is 10.5. The van der Waals surface area contributed by atoms with Gasteiger partial charge in [-0.15, -0.1) is 11.3 Å². The largest absolute Gasteiger partial charge is 0.395 e. The van der Waals surface area contributed by atoms with E-state index in [2.05, 4.69) is 22.8 Å². The van der Waals surface area contributed by atoms with Crippen LogP contribution < -0.4 is 0 Å². The molecule has 4 nitrogen and oxygen atoms in total. The number of ether oxygens (including phenoxy) is 1. The monoisotopic (exact) mass is 309 g/mol. The Bertz CT molecular complexity index is 497. The van der Waals surface area contributed by atoms with Gasteiger partial charge in [0.15, 0.2) is 0 Å². The number of aliphatic hydroxyl groups excluding tert-OH is 1. The van der Waals surface area contributed by atoms with Crippen LogP contribution in [0.4, 0.5) is 0 Å². The summed E-state index contributed by atoms with van der Waals surface area (Å²) >= 11 is 1.67. The summed E-state index contributed by atoms with van der Waals surface area (Å²) in [6.07, 6.45) is 1.93. The maximum Gasteiger partial charge on any atom is 0.0817 e. The first-order chi connectivity index (χ1) is 10.1. The molecule has 1 saturated heterocycles. The second kappa shape index (κ2) is 7.92. The normalized spacial score (nSPS) is 17.5. The molecule has 0 aliphatic carbocycles. The van der Waals surface area contributed by atoms with Gasteiger partial charge < -0.3 is 14.9 Å². The molecule has 2 heterocycles. The van der Waals surface area contributed by atoms with E-state index in [1.807, 2.05) is 13.1 Å². The van der Waals surface area contributed by atoms with Gasteiger partial charge in [-0.25, -0.2) is 0 Å². The van der Waals surface area contributed by atoms with Gasteiger partial charge >= 0.3 is 0 Å². The third-order valence-corrected chi connectivity index (χ3v) is 4.51. The lowest BCUT2D eigenvalue weighted by molar-refractivity contribution is -0.0776.